The first-order chi connectivity index (χ1) is 4.72. The van der Waals surface area contributed by atoms with Crippen LogP contribution in [0, 0.1) is 17.8 Å². The molecule has 2 N–H and O–H groups in total. The Hall–Kier alpha value is -0.530. The van der Waals surface area contributed by atoms with Crippen molar-refractivity contribution in [2.24, 2.45) is 23.5 Å². The maximum atomic E-state index is 10.7. The summed E-state index contributed by atoms with van der Waals surface area (Å²) in [5, 5.41) is 0. The number of nitrogens with two attached hydrogens (primary N) is 1. The quantitative estimate of drug-likeness (QED) is 0.629. The van der Waals surface area contributed by atoms with Gasteiger partial charge in [-0.15, -0.1) is 0 Å². The van der Waals surface area contributed by atoms with Crippen LogP contribution in [0.15, 0.2) is 0 Å². The number of hydrogen-bond donors (Lipinski definition) is 1. The molecule has 0 aliphatic heterocycles. The third-order valence-electron chi connectivity index (χ3n) is 2.60. The Morgan fingerprint density at radius 3 is 1.80 bits per heavy atom. The minimum atomic E-state index is -0.0984. The highest BCUT2D eigenvalue weighted by molar-refractivity contribution is 5.80. The van der Waals surface area contributed by atoms with E-state index < -0.39 is 0 Å². The summed E-state index contributed by atoms with van der Waals surface area (Å²) in [5.74, 6) is 1.30. The number of rotatable bonds is 3. The highest BCUT2D eigenvalue weighted by Crippen LogP contribution is 2.50. The van der Waals surface area contributed by atoms with E-state index in [2.05, 4.69) is 13.8 Å². The van der Waals surface area contributed by atoms with E-state index in [1.165, 1.54) is 0 Å². The average molecular weight is 141 g/mol. The molecule has 1 amide bonds. The fourth-order valence-corrected chi connectivity index (χ4v) is 1.98. The zero-order chi connectivity index (χ0) is 7.72. The van der Waals surface area contributed by atoms with E-state index in [0.717, 1.165) is 12.8 Å². The van der Waals surface area contributed by atoms with Crippen molar-refractivity contribution in [3.05, 3.63) is 0 Å². The van der Waals surface area contributed by atoms with Crippen molar-refractivity contribution in [1.29, 1.82) is 0 Å². The highest BCUT2D eigenvalue weighted by Gasteiger charge is 2.50. The minimum Gasteiger partial charge on any atom is -0.369 e. The molecule has 58 valence electrons. The summed E-state index contributed by atoms with van der Waals surface area (Å²) in [6.07, 6.45) is 2.21. The van der Waals surface area contributed by atoms with Gasteiger partial charge in [0.15, 0.2) is 0 Å². The summed E-state index contributed by atoms with van der Waals surface area (Å²) in [6, 6.07) is 0. The second-order valence-corrected chi connectivity index (χ2v) is 3.07. The minimum absolute atomic E-state index is 0.0984. The van der Waals surface area contributed by atoms with Crippen LogP contribution >= 0.6 is 0 Å². The largest absolute Gasteiger partial charge is 0.369 e. The first-order valence-corrected chi connectivity index (χ1v) is 4.01. The van der Waals surface area contributed by atoms with Crippen molar-refractivity contribution in [3.8, 4) is 0 Å². The maximum absolute atomic E-state index is 10.7. The second kappa shape index (κ2) is 2.60. The van der Waals surface area contributed by atoms with E-state index in [1.54, 1.807) is 0 Å². The molecule has 0 bridgehead atoms. The molecule has 2 nitrogen and oxygen atoms in total. The summed E-state index contributed by atoms with van der Waals surface area (Å²) in [7, 11) is 0. The van der Waals surface area contributed by atoms with Crippen LogP contribution in [0.25, 0.3) is 0 Å². The summed E-state index contributed by atoms with van der Waals surface area (Å²) in [4.78, 5) is 10.7. The van der Waals surface area contributed by atoms with Gasteiger partial charge in [0.2, 0.25) is 5.91 Å². The van der Waals surface area contributed by atoms with E-state index in [0.29, 0.717) is 11.8 Å². The van der Waals surface area contributed by atoms with E-state index in [4.69, 9.17) is 5.73 Å². The van der Waals surface area contributed by atoms with Gasteiger partial charge in [0.25, 0.3) is 0 Å². The van der Waals surface area contributed by atoms with Crippen LogP contribution in [0.2, 0.25) is 0 Å². The van der Waals surface area contributed by atoms with E-state index in [9.17, 15) is 4.79 Å². The van der Waals surface area contributed by atoms with Crippen LogP contribution in [0.5, 0.6) is 0 Å². The van der Waals surface area contributed by atoms with Gasteiger partial charge in [0.1, 0.15) is 0 Å². The standard InChI is InChI=1S/C8H15NO/c1-3-5-6(4-2)7(5)8(9)10/h5-7H,3-4H2,1-2H3,(H2,9,10)/t5-,6+,7?. The molecule has 1 saturated carbocycles. The molecule has 3 atom stereocenters. The summed E-state index contributed by atoms with van der Waals surface area (Å²) < 4.78 is 0. The molecule has 10 heavy (non-hydrogen) atoms. The Morgan fingerprint density at radius 1 is 1.30 bits per heavy atom. The molecule has 0 radical (unpaired) electrons. The lowest BCUT2D eigenvalue weighted by Gasteiger charge is -1.86. The SMILES string of the molecule is CC[C@@H]1C(C(N)=O)[C@@H]1CC. The van der Waals surface area contributed by atoms with Crippen LogP contribution in [0.1, 0.15) is 26.7 Å². The fraction of sp³-hybridized carbons (Fsp3) is 0.875. The molecule has 0 spiro atoms. The van der Waals surface area contributed by atoms with Crippen molar-refractivity contribution in [2.45, 2.75) is 26.7 Å². The van der Waals surface area contributed by atoms with Gasteiger partial charge in [0.05, 0.1) is 0 Å². The molecule has 0 aromatic rings. The Bertz CT molecular complexity index is 134. The number of carbonyl (C=O) groups is 1. The summed E-state index contributed by atoms with van der Waals surface area (Å²) >= 11 is 0. The first-order valence-electron chi connectivity index (χ1n) is 4.01. The van der Waals surface area contributed by atoms with Crippen molar-refractivity contribution < 1.29 is 4.79 Å². The summed E-state index contributed by atoms with van der Waals surface area (Å²) in [5.41, 5.74) is 5.19. The average Bonchev–Trinajstić information content (AvgIpc) is 2.60. The van der Waals surface area contributed by atoms with Gasteiger partial charge in [-0.1, -0.05) is 26.7 Å². The molecule has 0 heterocycles. The van der Waals surface area contributed by atoms with Gasteiger partial charge >= 0.3 is 0 Å². The van der Waals surface area contributed by atoms with Crippen LogP contribution < -0.4 is 5.73 Å². The molecule has 1 rings (SSSR count). The van der Waals surface area contributed by atoms with Gasteiger partial charge in [0, 0.05) is 5.92 Å². The molecule has 1 fully saturated rings. The highest BCUT2D eigenvalue weighted by atomic mass is 16.1. The lowest BCUT2D eigenvalue weighted by molar-refractivity contribution is -0.119. The lowest BCUT2D eigenvalue weighted by atomic mass is 10.2. The smallest absolute Gasteiger partial charge is 0.221 e. The van der Waals surface area contributed by atoms with Crippen molar-refractivity contribution >= 4 is 5.91 Å². The van der Waals surface area contributed by atoms with Gasteiger partial charge in [-0.2, -0.15) is 0 Å². The molecular weight excluding hydrogens is 126 g/mol. The normalized spacial score (nSPS) is 37.6. The van der Waals surface area contributed by atoms with E-state index in [-0.39, 0.29) is 11.8 Å². The molecule has 0 aromatic carbocycles. The number of primary amides is 1. The zero-order valence-corrected chi connectivity index (χ0v) is 6.63. The number of amides is 1. The molecule has 0 saturated heterocycles. The third kappa shape index (κ3) is 1.02. The summed E-state index contributed by atoms with van der Waals surface area (Å²) in [6.45, 7) is 4.24. The van der Waals surface area contributed by atoms with Gasteiger partial charge in [-0.25, -0.2) is 0 Å². The van der Waals surface area contributed by atoms with Gasteiger partial charge < -0.3 is 5.73 Å². The Morgan fingerprint density at radius 2 is 1.70 bits per heavy atom. The van der Waals surface area contributed by atoms with E-state index >= 15 is 0 Å². The van der Waals surface area contributed by atoms with E-state index in [1.807, 2.05) is 0 Å². The topological polar surface area (TPSA) is 43.1 Å². The number of carbonyl (C=O) groups excluding carboxylic acids is 1. The van der Waals surface area contributed by atoms with Crippen molar-refractivity contribution in [2.75, 3.05) is 0 Å². The Kier molecular flexibility index (Phi) is 1.97. The van der Waals surface area contributed by atoms with Gasteiger partial charge in [-0.3, -0.25) is 4.79 Å². The first kappa shape index (κ1) is 7.58. The monoisotopic (exact) mass is 141 g/mol. The van der Waals surface area contributed by atoms with Crippen LogP contribution in [0.4, 0.5) is 0 Å². The molecule has 0 aromatic heterocycles. The Balaban J connectivity index is 2.44. The lowest BCUT2D eigenvalue weighted by Crippen LogP contribution is -2.14. The third-order valence-corrected chi connectivity index (χ3v) is 2.60. The molecule has 1 unspecified atom stereocenters. The zero-order valence-electron chi connectivity index (χ0n) is 6.63. The molecule has 2 heteroatoms. The molecule has 1 aliphatic carbocycles. The second-order valence-electron chi connectivity index (χ2n) is 3.07. The Labute approximate surface area is 61.8 Å². The van der Waals surface area contributed by atoms with Crippen molar-refractivity contribution in [1.82, 2.24) is 0 Å². The molecule has 1 aliphatic rings. The molecular formula is C8H15NO. The van der Waals surface area contributed by atoms with Crippen LogP contribution in [-0.2, 0) is 4.79 Å². The van der Waals surface area contributed by atoms with Crippen LogP contribution in [-0.4, -0.2) is 5.91 Å². The predicted molar refractivity (Wildman–Crippen MR) is 40.2 cm³/mol. The predicted octanol–water partition coefficient (Wildman–Crippen LogP) is 1.15. The maximum Gasteiger partial charge on any atom is 0.221 e. The van der Waals surface area contributed by atoms with Crippen LogP contribution in [0.3, 0.4) is 0 Å². The fourth-order valence-electron chi connectivity index (χ4n) is 1.98. The van der Waals surface area contributed by atoms with Gasteiger partial charge in [-0.05, 0) is 11.8 Å². The number of hydrogen-bond acceptors (Lipinski definition) is 1. The van der Waals surface area contributed by atoms with Crippen molar-refractivity contribution in [3.63, 3.8) is 0 Å².